The molecule has 6 rings (SSSR count). The van der Waals surface area contributed by atoms with Crippen LogP contribution in [-0.2, 0) is 9.53 Å². The molecular formula is C34H29BrN4O5S. The molecule has 11 heteroatoms. The maximum absolute atomic E-state index is 14.3. The first-order valence-corrected chi connectivity index (χ1v) is 15.8. The normalized spacial score (nSPS) is 14.6. The van der Waals surface area contributed by atoms with E-state index in [1.165, 1.54) is 11.3 Å². The number of hydrogen-bond acceptors (Lipinski definition) is 8. The lowest BCUT2D eigenvalue weighted by atomic mass is 9.96. The topological polar surface area (TPSA) is 96.9 Å². The smallest absolute Gasteiger partial charge is 0.338 e. The number of halogens is 1. The fourth-order valence-electron chi connectivity index (χ4n) is 5.28. The molecule has 0 bridgehead atoms. The van der Waals surface area contributed by atoms with Gasteiger partial charge in [-0.15, -0.1) is 0 Å². The minimum Gasteiger partial charge on any atom is -0.497 e. The van der Waals surface area contributed by atoms with E-state index in [2.05, 4.69) is 15.9 Å². The van der Waals surface area contributed by atoms with Crippen LogP contribution in [0, 0.1) is 0 Å². The summed E-state index contributed by atoms with van der Waals surface area (Å²) in [7, 11) is 3.20. The van der Waals surface area contributed by atoms with Crippen molar-refractivity contribution in [2.75, 3.05) is 20.8 Å². The van der Waals surface area contributed by atoms with E-state index in [4.69, 9.17) is 24.3 Å². The Morgan fingerprint density at radius 2 is 1.80 bits per heavy atom. The van der Waals surface area contributed by atoms with Crippen LogP contribution in [0.15, 0.2) is 105 Å². The predicted octanol–water partition coefficient (Wildman–Crippen LogP) is 5.43. The van der Waals surface area contributed by atoms with Gasteiger partial charge in [-0.1, -0.05) is 41.7 Å². The Morgan fingerprint density at radius 3 is 2.47 bits per heavy atom. The minimum atomic E-state index is -0.725. The number of thiazole rings is 1. The van der Waals surface area contributed by atoms with Crippen molar-refractivity contribution >= 4 is 39.3 Å². The van der Waals surface area contributed by atoms with Gasteiger partial charge in [0, 0.05) is 17.3 Å². The van der Waals surface area contributed by atoms with Gasteiger partial charge in [0.15, 0.2) is 4.80 Å². The minimum absolute atomic E-state index is 0.199. The third kappa shape index (κ3) is 5.76. The van der Waals surface area contributed by atoms with Gasteiger partial charge >= 0.3 is 5.97 Å². The Labute approximate surface area is 271 Å². The molecule has 3 heterocycles. The van der Waals surface area contributed by atoms with Crippen LogP contribution in [0.3, 0.4) is 0 Å². The van der Waals surface area contributed by atoms with Crippen molar-refractivity contribution in [3.05, 3.63) is 126 Å². The third-order valence-electron chi connectivity index (χ3n) is 7.42. The fraction of sp³-hybridized carbons (Fsp3) is 0.176. The molecule has 0 N–H and O–H groups in total. The predicted molar refractivity (Wildman–Crippen MR) is 177 cm³/mol. The number of rotatable bonds is 8. The lowest BCUT2D eigenvalue weighted by molar-refractivity contribution is -0.139. The molecule has 1 unspecified atom stereocenters. The van der Waals surface area contributed by atoms with E-state index in [1.54, 1.807) is 49.4 Å². The highest BCUT2D eigenvalue weighted by atomic mass is 79.9. The molecule has 1 aliphatic heterocycles. The number of benzene rings is 3. The van der Waals surface area contributed by atoms with E-state index >= 15 is 0 Å². The summed E-state index contributed by atoms with van der Waals surface area (Å²) in [6.07, 6.45) is 3.73. The van der Waals surface area contributed by atoms with Crippen LogP contribution in [0.25, 0.3) is 23.0 Å². The van der Waals surface area contributed by atoms with Gasteiger partial charge in [0.1, 0.15) is 17.2 Å². The lowest BCUT2D eigenvalue weighted by Crippen LogP contribution is -2.39. The fourth-order valence-corrected chi connectivity index (χ4v) is 6.86. The highest BCUT2D eigenvalue weighted by molar-refractivity contribution is 9.10. The molecule has 0 saturated heterocycles. The van der Waals surface area contributed by atoms with E-state index in [0.29, 0.717) is 37.8 Å². The van der Waals surface area contributed by atoms with Crippen molar-refractivity contribution < 1.29 is 19.0 Å². The third-order valence-corrected chi connectivity index (χ3v) is 9.03. The van der Waals surface area contributed by atoms with Crippen LogP contribution in [0.4, 0.5) is 0 Å². The van der Waals surface area contributed by atoms with Crippen molar-refractivity contribution in [3.63, 3.8) is 0 Å². The number of fused-ring (bicyclic) bond motifs is 1. The van der Waals surface area contributed by atoms with Crippen molar-refractivity contribution in [1.29, 1.82) is 0 Å². The molecule has 0 spiro atoms. The van der Waals surface area contributed by atoms with E-state index < -0.39 is 12.0 Å². The highest BCUT2D eigenvalue weighted by Gasteiger charge is 2.33. The van der Waals surface area contributed by atoms with Crippen LogP contribution in [0.2, 0.25) is 0 Å². The number of ether oxygens (including phenoxy) is 3. The largest absolute Gasteiger partial charge is 0.497 e. The lowest BCUT2D eigenvalue weighted by Gasteiger charge is -2.24. The van der Waals surface area contributed by atoms with Gasteiger partial charge < -0.3 is 14.2 Å². The first kappa shape index (κ1) is 30.3. The van der Waals surface area contributed by atoms with Crippen LogP contribution < -0.4 is 24.4 Å². The zero-order valence-corrected chi connectivity index (χ0v) is 27.4. The number of para-hydroxylation sites is 1. The molecule has 1 aliphatic rings. The molecular weight excluding hydrogens is 656 g/mol. The maximum atomic E-state index is 14.3. The van der Waals surface area contributed by atoms with Crippen LogP contribution in [-0.4, -0.2) is 41.1 Å². The molecule has 2 aromatic heterocycles. The molecule has 1 atom stereocenters. The molecule has 0 aliphatic carbocycles. The van der Waals surface area contributed by atoms with Gasteiger partial charge in [-0.2, -0.15) is 5.10 Å². The first-order chi connectivity index (χ1) is 21.8. The van der Waals surface area contributed by atoms with E-state index in [9.17, 15) is 9.59 Å². The molecule has 5 aromatic rings. The summed E-state index contributed by atoms with van der Waals surface area (Å²) >= 11 is 4.85. The number of hydrogen-bond donors (Lipinski definition) is 0. The molecule has 45 heavy (non-hydrogen) atoms. The van der Waals surface area contributed by atoms with Gasteiger partial charge in [-0.3, -0.25) is 9.36 Å². The average molecular weight is 686 g/mol. The van der Waals surface area contributed by atoms with Crippen molar-refractivity contribution in [2.24, 2.45) is 4.99 Å². The van der Waals surface area contributed by atoms with Gasteiger partial charge in [0.2, 0.25) is 0 Å². The number of nitrogens with zero attached hydrogens (tertiary/aromatic N) is 4. The van der Waals surface area contributed by atoms with E-state index in [0.717, 1.165) is 26.9 Å². The summed E-state index contributed by atoms with van der Waals surface area (Å²) in [4.78, 5) is 32.7. The molecule has 3 aromatic carbocycles. The second-order valence-corrected chi connectivity index (χ2v) is 12.0. The number of carbonyl (C=O) groups is 1. The number of methoxy groups -OCH3 is 2. The molecule has 0 amide bonds. The first-order valence-electron chi connectivity index (χ1n) is 14.2. The maximum Gasteiger partial charge on any atom is 0.338 e. The van der Waals surface area contributed by atoms with Crippen molar-refractivity contribution in [3.8, 4) is 28.4 Å². The Morgan fingerprint density at radius 1 is 1.04 bits per heavy atom. The molecule has 228 valence electrons. The van der Waals surface area contributed by atoms with Crippen LogP contribution >= 0.6 is 27.3 Å². The number of allylic oxidation sites excluding steroid dienone is 1. The van der Waals surface area contributed by atoms with Crippen LogP contribution in [0.5, 0.6) is 11.5 Å². The van der Waals surface area contributed by atoms with Crippen molar-refractivity contribution in [2.45, 2.75) is 19.9 Å². The quantitative estimate of drug-likeness (QED) is 0.202. The van der Waals surface area contributed by atoms with Crippen molar-refractivity contribution in [1.82, 2.24) is 14.3 Å². The van der Waals surface area contributed by atoms with Gasteiger partial charge in [-0.05, 0) is 83.9 Å². The standard InChI is InChI=1S/C34H29BrN4O5S/c1-5-44-33(41)29-20(2)36-34-39(31(29)21-11-14-25(42-3)15-12-21)32(40)28(45-34)18-23-19-38(24-9-7-6-8-10-24)37-30(23)22-13-16-27(43-4)26(35)17-22/h6-19,31H,5H2,1-4H3/b28-18+. The molecule has 0 fully saturated rings. The van der Waals surface area contributed by atoms with E-state index in [-0.39, 0.29) is 12.2 Å². The summed E-state index contributed by atoms with van der Waals surface area (Å²) in [5, 5.41) is 4.92. The summed E-state index contributed by atoms with van der Waals surface area (Å²) < 4.78 is 20.8. The Kier molecular flexibility index (Phi) is 8.55. The Bertz CT molecular complexity index is 2110. The molecule has 0 radical (unpaired) electrons. The SMILES string of the molecule is CCOC(=O)C1=C(C)N=c2s/c(=C/c3cn(-c4ccccc4)nc3-c3ccc(OC)c(Br)c3)c(=O)n2C1c1ccc(OC)cc1. The summed E-state index contributed by atoms with van der Waals surface area (Å²) in [6.45, 7) is 3.72. The average Bonchev–Trinajstić information content (AvgIpc) is 3.61. The number of esters is 1. The zero-order valence-electron chi connectivity index (χ0n) is 25.0. The summed E-state index contributed by atoms with van der Waals surface area (Å²) in [5.74, 6) is 0.852. The monoisotopic (exact) mass is 684 g/mol. The second-order valence-electron chi connectivity index (χ2n) is 10.1. The number of carbonyl (C=O) groups excluding carboxylic acids is 1. The Hall–Kier alpha value is -4.74. The van der Waals surface area contributed by atoms with Gasteiger partial charge in [-0.25, -0.2) is 14.5 Å². The molecule has 0 saturated carbocycles. The highest BCUT2D eigenvalue weighted by Crippen LogP contribution is 2.33. The Balaban J connectivity index is 1.55. The van der Waals surface area contributed by atoms with E-state index in [1.807, 2.05) is 72.9 Å². The zero-order chi connectivity index (χ0) is 31.7. The van der Waals surface area contributed by atoms with Crippen LogP contribution in [0.1, 0.15) is 31.0 Å². The summed E-state index contributed by atoms with van der Waals surface area (Å²) in [6, 6.07) is 22.1. The second kappa shape index (κ2) is 12.7. The van der Waals surface area contributed by atoms with Gasteiger partial charge in [0.05, 0.1) is 52.8 Å². The van der Waals surface area contributed by atoms with Gasteiger partial charge in [0.25, 0.3) is 5.56 Å². The summed E-state index contributed by atoms with van der Waals surface area (Å²) in [5.41, 5.74) is 4.43. The molecule has 9 nitrogen and oxygen atoms in total. The number of aromatic nitrogens is 3.